The lowest BCUT2D eigenvalue weighted by Crippen LogP contribution is -2.49. The molecule has 0 heterocycles. The lowest BCUT2D eigenvalue weighted by atomic mass is 9.96. The van der Waals surface area contributed by atoms with Crippen LogP contribution < -0.4 is 4.72 Å². The first-order chi connectivity index (χ1) is 9.29. The topological polar surface area (TPSA) is 75.7 Å². The minimum absolute atomic E-state index is 0.130. The SMILES string of the molecule is COC(=O)[C@H]1CCCCC[C@H]1NS(=O)(=O)N(C)C(C)C. The Morgan fingerprint density at radius 3 is 2.40 bits per heavy atom. The van der Waals surface area contributed by atoms with Gasteiger partial charge in [-0.3, -0.25) is 4.79 Å². The van der Waals surface area contributed by atoms with Crippen LogP contribution in [0.2, 0.25) is 0 Å². The fourth-order valence-corrected chi connectivity index (χ4v) is 3.82. The van der Waals surface area contributed by atoms with Gasteiger partial charge in [0.1, 0.15) is 0 Å². The van der Waals surface area contributed by atoms with Gasteiger partial charge in [-0.1, -0.05) is 19.3 Å². The molecule has 0 aliphatic heterocycles. The number of ether oxygens (including phenoxy) is 1. The Bertz CT molecular complexity index is 422. The van der Waals surface area contributed by atoms with Gasteiger partial charge in [0.05, 0.1) is 13.0 Å². The molecule has 118 valence electrons. The summed E-state index contributed by atoms with van der Waals surface area (Å²) < 4.78 is 33.3. The van der Waals surface area contributed by atoms with Gasteiger partial charge >= 0.3 is 5.97 Å². The van der Waals surface area contributed by atoms with E-state index >= 15 is 0 Å². The Kier molecular flexibility index (Phi) is 6.42. The van der Waals surface area contributed by atoms with Crippen molar-refractivity contribution in [1.82, 2.24) is 9.03 Å². The molecule has 1 aliphatic rings. The number of nitrogens with one attached hydrogen (secondary N) is 1. The number of carbonyl (C=O) groups is 1. The van der Waals surface area contributed by atoms with Gasteiger partial charge in [0.25, 0.3) is 10.2 Å². The third-order valence-electron chi connectivity index (χ3n) is 3.93. The summed E-state index contributed by atoms with van der Waals surface area (Å²) in [6.45, 7) is 3.62. The molecule has 1 aliphatic carbocycles. The van der Waals surface area contributed by atoms with Crippen LogP contribution >= 0.6 is 0 Å². The van der Waals surface area contributed by atoms with E-state index in [4.69, 9.17) is 4.74 Å². The standard InChI is InChI=1S/C13H26N2O4S/c1-10(2)15(3)20(17,18)14-12-9-7-5-6-8-11(12)13(16)19-4/h10-12,14H,5-9H2,1-4H3/t11-,12+/m0/s1. The summed E-state index contributed by atoms with van der Waals surface area (Å²) in [4.78, 5) is 11.8. The van der Waals surface area contributed by atoms with Crippen molar-refractivity contribution >= 4 is 16.2 Å². The maximum Gasteiger partial charge on any atom is 0.310 e. The summed E-state index contributed by atoms with van der Waals surface area (Å²) in [5.41, 5.74) is 0. The summed E-state index contributed by atoms with van der Waals surface area (Å²) in [6.07, 6.45) is 4.21. The number of nitrogens with zero attached hydrogens (tertiary/aromatic N) is 1. The highest BCUT2D eigenvalue weighted by Crippen LogP contribution is 2.25. The van der Waals surface area contributed by atoms with E-state index in [0.29, 0.717) is 12.8 Å². The molecule has 0 aromatic heterocycles. The van der Waals surface area contributed by atoms with Crippen LogP contribution in [0.1, 0.15) is 46.0 Å². The molecule has 0 amide bonds. The van der Waals surface area contributed by atoms with Gasteiger partial charge in [-0.2, -0.15) is 17.4 Å². The first-order valence-corrected chi connectivity index (χ1v) is 8.56. The van der Waals surface area contributed by atoms with E-state index in [1.807, 2.05) is 13.8 Å². The van der Waals surface area contributed by atoms with Crippen molar-refractivity contribution < 1.29 is 17.9 Å². The molecule has 0 spiro atoms. The molecule has 6 nitrogen and oxygen atoms in total. The van der Waals surface area contributed by atoms with Gasteiger partial charge in [0.2, 0.25) is 0 Å². The van der Waals surface area contributed by atoms with Crippen molar-refractivity contribution in [3.63, 3.8) is 0 Å². The lowest BCUT2D eigenvalue weighted by molar-refractivity contribution is -0.146. The van der Waals surface area contributed by atoms with Crippen molar-refractivity contribution in [2.45, 2.75) is 58.0 Å². The number of hydrogen-bond acceptors (Lipinski definition) is 4. The molecule has 1 N–H and O–H groups in total. The van der Waals surface area contributed by atoms with E-state index in [-0.39, 0.29) is 18.1 Å². The van der Waals surface area contributed by atoms with E-state index in [1.54, 1.807) is 0 Å². The highest BCUT2D eigenvalue weighted by atomic mass is 32.2. The quantitative estimate of drug-likeness (QED) is 0.613. The predicted octanol–water partition coefficient (Wildman–Crippen LogP) is 1.28. The minimum Gasteiger partial charge on any atom is -0.469 e. The second kappa shape index (κ2) is 7.38. The van der Waals surface area contributed by atoms with Crippen LogP contribution in [0.5, 0.6) is 0 Å². The molecule has 2 atom stereocenters. The summed E-state index contributed by atoms with van der Waals surface area (Å²) in [5.74, 6) is -0.718. The summed E-state index contributed by atoms with van der Waals surface area (Å²) in [7, 11) is -0.690. The molecule has 7 heteroatoms. The fourth-order valence-electron chi connectivity index (χ4n) is 2.43. The molecular formula is C13H26N2O4S. The molecule has 20 heavy (non-hydrogen) atoms. The molecule has 1 saturated carbocycles. The molecular weight excluding hydrogens is 280 g/mol. The van der Waals surface area contributed by atoms with Crippen LogP contribution in [0.25, 0.3) is 0 Å². The van der Waals surface area contributed by atoms with Gasteiger partial charge in [0, 0.05) is 19.1 Å². The Balaban J connectivity index is 2.87. The molecule has 1 fully saturated rings. The second-order valence-corrected chi connectivity index (χ2v) is 7.37. The molecule has 0 aromatic carbocycles. The first kappa shape index (κ1) is 17.4. The van der Waals surface area contributed by atoms with Crippen molar-refractivity contribution in [2.24, 2.45) is 5.92 Å². The molecule has 1 rings (SSSR count). The van der Waals surface area contributed by atoms with Crippen LogP contribution in [0.4, 0.5) is 0 Å². The van der Waals surface area contributed by atoms with Gasteiger partial charge in [0.15, 0.2) is 0 Å². The van der Waals surface area contributed by atoms with Gasteiger partial charge in [-0.15, -0.1) is 0 Å². The van der Waals surface area contributed by atoms with E-state index in [2.05, 4.69) is 4.72 Å². The highest BCUT2D eigenvalue weighted by Gasteiger charge is 2.34. The maximum atomic E-state index is 12.3. The van der Waals surface area contributed by atoms with Crippen LogP contribution in [0.3, 0.4) is 0 Å². The van der Waals surface area contributed by atoms with Crippen LogP contribution in [0, 0.1) is 5.92 Å². The Morgan fingerprint density at radius 2 is 1.85 bits per heavy atom. The zero-order chi connectivity index (χ0) is 15.3. The Hall–Kier alpha value is -0.660. The number of esters is 1. The normalized spacial score (nSPS) is 24.7. The van der Waals surface area contributed by atoms with E-state index < -0.39 is 16.1 Å². The van der Waals surface area contributed by atoms with Crippen LogP contribution in [0.15, 0.2) is 0 Å². The number of methoxy groups -OCH3 is 1. The average molecular weight is 306 g/mol. The Labute approximate surface area is 122 Å². The van der Waals surface area contributed by atoms with E-state index in [9.17, 15) is 13.2 Å². The van der Waals surface area contributed by atoms with Crippen molar-refractivity contribution in [3.05, 3.63) is 0 Å². The number of rotatable bonds is 5. The third kappa shape index (κ3) is 4.43. The smallest absolute Gasteiger partial charge is 0.310 e. The van der Waals surface area contributed by atoms with Crippen molar-refractivity contribution in [2.75, 3.05) is 14.2 Å². The maximum absolute atomic E-state index is 12.3. The van der Waals surface area contributed by atoms with Crippen LogP contribution in [-0.4, -0.2) is 44.9 Å². The molecule has 0 saturated heterocycles. The van der Waals surface area contributed by atoms with Gasteiger partial charge in [-0.05, 0) is 26.7 Å². The third-order valence-corrected chi connectivity index (χ3v) is 5.71. The van der Waals surface area contributed by atoms with Gasteiger partial charge in [-0.25, -0.2) is 0 Å². The van der Waals surface area contributed by atoms with E-state index in [0.717, 1.165) is 19.3 Å². The molecule has 0 aromatic rings. The molecule has 0 radical (unpaired) electrons. The Morgan fingerprint density at radius 1 is 1.25 bits per heavy atom. The number of hydrogen-bond donors (Lipinski definition) is 1. The summed E-state index contributed by atoms with van der Waals surface area (Å²) in [6, 6.07) is -0.508. The number of carbonyl (C=O) groups excluding carboxylic acids is 1. The summed E-state index contributed by atoms with van der Waals surface area (Å²) >= 11 is 0. The lowest BCUT2D eigenvalue weighted by Gasteiger charge is -2.28. The molecule has 0 bridgehead atoms. The zero-order valence-electron chi connectivity index (χ0n) is 12.8. The highest BCUT2D eigenvalue weighted by molar-refractivity contribution is 7.87. The van der Waals surface area contributed by atoms with Crippen molar-refractivity contribution in [1.29, 1.82) is 0 Å². The second-order valence-electron chi connectivity index (χ2n) is 5.61. The molecule has 0 unspecified atom stereocenters. The monoisotopic (exact) mass is 306 g/mol. The largest absolute Gasteiger partial charge is 0.469 e. The predicted molar refractivity (Wildman–Crippen MR) is 77.3 cm³/mol. The van der Waals surface area contributed by atoms with Gasteiger partial charge < -0.3 is 4.74 Å². The van der Waals surface area contributed by atoms with Crippen LogP contribution in [-0.2, 0) is 19.7 Å². The zero-order valence-corrected chi connectivity index (χ0v) is 13.6. The fraction of sp³-hybridized carbons (Fsp3) is 0.923. The minimum atomic E-state index is -3.57. The van der Waals surface area contributed by atoms with E-state index in [1.165, 1.54) is 18.5 Å². The average Bonchev–Trinajstić information content (AvgIpc) is 2.61. The van der Waals surface area contributed by atoms with Crippen molar-refractivity contribution in [3.8, 4) is 0 Å². The first-order valence-electron chi connectivity index (χ1n) is 7.12. The summed E-state index contributed by atoms with van der Waals surface area (Å²) in [5, 5.41) is 0.